The molecule has 0 aromatic heterocycles. The number of β-amino-alcohol motifs (C(OH)–C–C–N with tert-alkyl or cyclic N) is 1. The molecule has 3 rings (SSSR count). The van der Waals surface area contributed by atoms with Crippen LogP contribution < -0.4 is 0 Å². The molecule has 2 heterocycles. The van der Waals surface area contributed by atoms with Gasteiger partial charge in [-0.2, -0.15) is 0 Å². The quantitative estimate of drug-likeness (QED) is 0.811. The van der Waals surface area contributed by atoms with E-state index in [1.54, 1.807) is 0 Å². The maximum atomic E-state index is 9.72. The van der Waals surface area contributed by atoms with Crippen molar-refractivity contribution >= 4 is 0 Å². The van der Waals surface area contributed by atoms with Crippen molar-refractivity contribution in [3.63, 3.8) is 0 Å². The lowest BCUT2D eigenvalue weighted by Gasteiger charge is -2.34. The van der Waals surface area contributed by atoms with Crippen molar-refractivity contribution in [2.45, 2.75) is 75.2 Å². The molecular weight excluding hydrogens is 242 g/mol. The molecular formula is C15H27NO3. The number of aliphatic hydroxyl groups excluding tert-OH is 2. The third-order valence-electron chi connectivity index (χ3n) is 5.26. The number of hydrogen-bond donors (Lipinski definition) is 2. The van der Waals surface area contributed by atoms with Crippen LogP contribution in [0, 0.1) is 0 Å². The molecule has 1 saturated carbocycles. The second kappa shape index (κ2) is 5.68. The molecule has 3 fully saturated rings. The Morgan fingerprint density at radius 3 is 2.68 bits per heavy atom. The van der Waals surface area contributed by atoms with Gasteiger partial charge in [0.05, 0.1) is 24.4 Å². The third-order valence-corrected chi connectivity index (χ3v) is 5.26. The van der Waals surface area contributed by atoms with Gasteiger partial charge in [-0.3, -0.25) is 4.90 Å². The summed E-state index contributed by atoms with van der Waals surface area (Å²) >= 11 is 0. The molecule has 0 bridgehead atoms. The summed E-state index contributed by atoms with van der Waals surface area (Å²) in [5.74, 6) is 0. The van der Waals surface area contributed by atoms with Gasteiger partial charge in [0.2, 0.25) is 0 Å². The lowest BCUT2D eigenvalue weighted by molar-refractivity contribution is -0.0740. The maximum absolute atomic E-state index is 9.72. The molecule has 3 atom stereocenters. The Morgan fingerprint density at radius 2 is 1.95 bits per heavy atom. The van der Waals surface area contributed by atoms with Gasteiger partial charge in [-0.15, -0.1) is 0 Å². The fraction of sp³-hybridized carbons (Fsp3) is 1.00. The van der Waals surface area contributed by atoms with Crippen LogP contribution in [0.1, 0.15) is 51.4 Å². The van der Waals surface area contributed by atoms with Crippen LogP contribution in [-0.2, 0) is 4.74 Å². The zero-order valence-corrected chi connectivity index (χ0v) is 11.8. The largest absolute Gasteiger partial charge is 0.395 e. The molecule has 2 aliphatic heterocycles. The fourth-order valence-electron chi connectivity index (χ4n) is 4.22. The standard InChI is InChI=1S/C15H27NO3/c17-11-12-8-13(18)9-16(12)10-14-4-7-15(19-14)5-2-1-3-6-15/h12-14,17-18H,1-11H2/t12-,13+,14-/m0/s1. The van der Waals surface area contributed by atoms with Crippen LogP contribution in [0.3, 0.4) is 0 Å². The lowest BCUT2D eigenvalue weighted by atomic mass is 9.83. The highest BCUT2D eigenvalue weighted by molar-refractivity contribution is 4.94. The van der Waals surface area contributed by atoms with Crippen molar-refractivity contribution in [1.29, 1.82) is 0 Å². The third kappa shape index (κ3) is 2.97. The molecule has 2 saturated heterocycles. The number of nitrogens with zero attached hydrogens (tertiary/aromatic N) is 1. The highest BCUT2D eigenvalue weighted by Crippen LogP contribution is 2.42. The second-order valence-electron chi connectivity index (χ2n) is 6.70. The first-order chi connectivity index (χ1) is 9.21. The van der Waals surface area contributed by atoms with Crippen molar-refractivity contribution in [2.24, 2.45) is 0 Å². The summed E-state index contributed by atoms with van der Waals surface area (Å²) in [6, 6.07) is 0.126. The second-order valence-corrected chi connectivity index (χ2v) is 6.70. The van der Waals surface area contributed by atoms with Gasteiger partial charge >= 0.3 is 0 Å². The van der Waals surface area contributed by atoms with E-state index in [0.717, 1.165) is 13.0 Å². The highest BCUT2D eigenvalue weighted by Gasteiger charge is 2.42. The Labute approximate surface area is 115 Å². The topological polar surface area (TPSA) is 52.9 Å². The van der Waals surface area contributed by atoms with E-state index in [9.17, 15) is 10.2 Å². The zero-order valence-electron chi connectivity index (χ0n) is 11.8. The van der Waals surface area contributed by atoms with Gasteiger partial charge in [-0.25, -0.2) is 0 Å². The van der Waals surface area contributed by atoms with Crippen molar-refractivity contribution in [2.75, 3.05) is 19.7 Å². The minimum Gasteiger partial charge on any atom is -0.395 e. The Bertz CT molecular complexity index is 304. The van der Waals surface area contributed by atoms with Gasteiger partial charge in [0, 0.05) is 19.1 Å². The predicted octanol–water partition coefficient (Wildman–Crippen LogP) is 1.30. The van der Waals surface area contributed by atoms with Crippen LogP contribution >= 0.6 is 0 Å². The van der Waals surface area contributed by atoms with Gasteiger partial charge in [0.1, 0.15) is 0 Å². The minimum atomic E-state index is -0.276. The molecule has 0 amide bonds. The molecule has 2 N–H and O–H groups in total. The number of rotatable bonds is 3. The van der Waals surface area contributed by atoms with Crippen LogP contribution in [0.2, 0.25) is 0 Å². The van der Waals surface area contributed by atoms with Gasteiger partial charge < -0.3 is 14.9 Å². The van der Waals surface area contributed by atoms with Gasteiger partial charge in [0.25, 0.3) is 0 Å². The SMILES string of the molecule is OC[C@@H]1C[C@@H](O)CN1C[C@@H]1CCC2(CCCCC2)O1. The summed E-state index contributed by atoms with van der Waals surface area (Å²) < 4.78 is 6.37. The fourth-order valence-corrected chi connectivity index (χ4v) is 4.22. The van der Waals surface area contributed by atoms with E-state index in [2.05, 4.69) is 4.90 Å². The summed E-state index contributed by atoms with van der Waals surface area (Å²) in [6.07, 6.45) is 9.53. The zero-order chi connectivity index (χ0) is 13.3. The summed E-state index contributed by atoms with van der Waals surface area (Å²) in [7, 11) is 0. The normalized spacial score (nSPS) is 39.2. The van der Waals surface area contributed by atoms with Crippen molar-refractivity contribution < 1.29 is 14.9 Å². The molecule has 3 aliphatic rings. The Balaban J connectivity index is 1.54. The van der Waals surface area contributed by atoms with Crippen LogP contribution in [0.4, 0.5) is 0 Å². The Kier molecular flexibility index (Phi) is 4.13. The average molecular weight is 269 g/mol. The Hall–Kier alpha value is -0.160. The number of hydrogen-bond acceptors (Lipinski definition) is 4. The van der Waals surface area contributed by atoms with E-state index in [-0.39, 0.29) is 24.4 Å². The van der Waals surface area contributed by atoms with Gasteiger partial charge in [-0.05, 0) is 32.1 Å². The molecule has 1 aliphatic carbocycles. The van der Waals surface area contributed by atoms with Gasteiger partial charge in [-0.1, -0.05) is 19.3 Å². The highest BCUT2D eigenvalue weighted by atomic mass is 16.5. The molecule has 110 valence electrons. The summed E-state index contributed by atoms with van der Waals surface area (Å²) in [4.78, 5) is 2.22. The van der Waals surface area contributed by atoms with Crippen LogP contribution in [0.15, 0.2) is 0 Å². The molecule has 0 aromatic rings. The predicted molar refractivity (Wildman–Crippen MR) is 73.0 cm³/mol. The number of aliphatic hydroxyl groups is 2. The van der Waals surface area contributed by atoms with E-state index >= 15 is 0 Å². The average Bonchev–Trinajstić information content (AvgIpc) is 2.95. The maximum Gasteiger partial charge on any atom is 0.0710 e. The number of ether oxygens (including phenoxy) is 1. The first kappa shape index (κ1) is 13.8. The van der Waals surface area contributed by atoms with E-state index in [4.69, 9.17) is 4.74 Å². The van der Waals surface area contributed by atoms with Crippen LogP contribution in [0.5, 0.6) is 0 Å². The van der Waals surface area contributed by atoms with Crippen molar-refractivity contribution in [1.82, 2.24) is 4.90 Å². The summed E-state index contributed by atoms with van der Waals surface area (Å²) in [6.45, 7) is 1.72. The van der Waals surface area contributed by atoms with E-state index in [1.807, 2.05) is 0 Å². The molecule has 0 radical (unpaired) electrons. The first-order valence-electron chi connectivity index (χ1n) is 7.92. The molecule has 19 heavy (non-hydrogen) atoms. The number of likely N-dealkylation sites (tertiary alicyclic amines) is 1. The molecule has 1 spiro atoms. The Morgan fingerprint density at radius 1 is 1.16 bits per heavy atom. The monoisotopic (exact) mass is 269 g/mol. The van der Waals surface area contributed by atoms with E-state index < -0.39 is 0 Å². The van der Waals surface area contributed by atoms with Crippen LogP contribution in [0.25, 0.3) is 0 Å². The lowest BCUT2D eigenvalue weighted by Crippen LogP contribution is -2.40. The summed E-state index contributed by atoms with van der Waals surface area (Å²) in [5.41, 5.74) is 0.177. The van der Waals surface area contributed by atoms with E-state index in [0.29, 0.717) is 19.1 Å². The molecule has 4 heteroatoms. The van der Waals surface area contributed by atoms with Gasteiger partial charge in [0.15, 0.2) is 0 Å². The molecule has 0 unspecified atom stereocenters. The minimum absolute atomic E-state index is 0.126. The van der Waals surface area contributed by atoms with Crippen LogP contribution in [-0.4, -0.2) is 58.7 Å². The molecule has 0 aromatic carbocycles. The first-order valence-corrected chi connectivity index (χ1v) is 7.92. The van der Waals surface area contributed by atoms with Crippen molar-refractivity contribution in [3.05, 3.63) is 0 Å². The molecule has 4 nitrogen and oxygen atoms in total. The summed E-state index contributed by atoms with van der Waals surface area (Å²) in [5, 5.41) is 19.1. The van der Waals surface area contributed by atoms with E-state index in [1.165, 1.54) is 38.5 Å². The van der Waals surface area contributed by atoms with Crippen molar-refractivity contribution in [3.8, 4) is 0 Å². The smallest absolute Gasteiger partial charge is 0.0710 e.